The van der Waals surface area contributed by atoms with Crippen LogP contribution in [-0.2, 0) is 11.3 Å². The molecule has 0 saturated carbocycles. The highest BCUT2D eigenvalue weighted by Gasteiger charge is 2.21. The molecule has 0 aliphatic heterocycles. The van der Waals surface area contributed by atoms with Crippen LogP contribution >= 0.6 is 0 Å². The Morgan fingerprint density at radius 3 is 2.80 bits per heavy atom. The van der Waals surface area contributed by atoms with Crippen LogP contribution in [0.4, 0.5) is 0 Å². The Labute approximate surface area is 116 Å². The van der Waals surface area contributed by atoms with Gasteiger partial charge in [0.2, 0.25) is 0 Å². The van der Waals surface area contributed by atoms with Gasteiger partial charge in [-0.2, -0.15) is 4.99 Å². The fourth-order valence-electron chi connectivity index (χ4n) is 2.24. The number of rotatable bonds is 2. The van der Waals surface area contributed by atoms with Crippen LogP contribution in [-0.4, -0.2) is 29.7 Å². The number of aliphatic imine (C=N–C) groups is 1. The molecule has 1 aliphatic carbocycles. The third-order valence-electron chi connectivity index (χ3n) is 3.09. The lowest BCUT2D eigenvalue weighted by atomic mass is 9.92. The van der Waals surface area contributed by atoms with E-state index in [4.69, 9.17) is 16.3 Å². The molecule has 1 aromatic heterocycles. The fraction of sp³-hybridized carbons (Fsp3) is 0.385. The van der Waals surface area contributed by atoms with Crippen LogP contribution in [0.3, 0.4) is 0 Å². The van der Waals surface area contributed by atoms with Crippen molar-refractivity contribution in [1.82, 2.24) is 4.98 Å². The molecule has 7 heteroatoms. The zero-order valence-corrected chi connectivity index (χ0v) is 11.5. The minimum atomic E-state index is -0.478. The molecule has 106 valence electrons. The number of oxime groups is 1. The highest BCUT2D eigenvalue weighted by molar-refractivity contribution is 6.05. The Kier molecular flexibility index (Phi) is 3.97. The number of aryl methyl sites for hydroxylation is 2. The minimum Gasteiger partial charge on any atom is -0.399 e. The summed E-state index contributed by atoms with van der Waals surface area (Å²) in [5.41, 5.74) is 14.0. The predicted octanol–water partition coefficient (Wildman–Crippen LogP) is 0.490. The molecular weight excluding hydrogens is 258 g/mol. The number of aromatic nitrogens is 1. The first-order valence-electron chi connectivity index (χ1n) is 6.27. The fourth-order valence-corrected chi connectivity index (χ4v) is 2.24. The van der Waals surface area contributed by atoms with E-state index in [0.717, 1.165) is 36.2 Å². The number of nitrogens with two attached hydrogens (primary N) is 2. The van der Waals surface area contributed by atoms with Crippen molar-refractivity contribution in [2.45, 2.75) is 26.2 Å². The van der Waals surface area contributed by atoms with Crippen LogP contribution in [0.15, 0.2) is 16.2 Å². The van der Waals surface area contributed by atoms with E-state index in [1.54, 1.807) is 13.0 Å². The van der Waals surface area contributed by atoms with Gasteiger partial charge in [-0.25, -0.2) is 0 Å². The zero-order valence-electron chi connectivity index (χ0n) is 11.5. The van der Waals surface area contributed by atoms with E-state index in [9.17, 15) is 4.79 Å². The van der Waals surface area contributed by atoms with E-state index in [1.165, 1.54) is 7.11 Å². The van der Waals surface area contributed by atoms with Gasteiger partial charge in [0.15, 0.2) is 5.96 Å². The average Bonchev–Trinajstić information content (AvgIpc) is 2.38. The van der Waals surface area contributed by atoms with E-state index in [2.05, 4.69) is 15.1 Å². The molecule has 1 aromatic rings. The first kappa shape index (κ1) is 14.0. The van der Waals surface area contributed by atoms with Crippen molar-refractivity contribution in [2.24, 2.45) is 21.6 Å². The second-order valence-electron chi connectivity index (χ2n) is 4.55. The van der Waals surface area contributed by atoms with Gasteiger partial charge in [0.25, 0.3) is 5.91 Å². The van der Waals surface area contributed by atoms with E-state index < -0.39 is 5.91 Å². The lowest BCUT2D eigenvalue weighted by Crippen LogP contribution is -2.25. The smallest absolute Gasteiger partial charge is 0.282 e. The Morgan fingerprint density at radius 1 is 1.40 bits per heavy atom. The van der Waals surface area contributed by atoms with Gasteiger partial charge in [0.1, 0.15) is 12.8 Å². The van der Waals surface area contributed by atoms with Crippen LogP contribution in [0.1, 0.15) is 40.2 Å². The number of nitrogens with zero attached hydrogens (tertiary/aromatic N) is 3. The van der Waals surface area contributed by atoms with Gasteiger partial charge in [0.05, 0.1) is 17.0 Å². The van der Waals surface area contributed by atoms with Gasteiger partial charge >= 0.3 is 0 Å². The molecule has 7 nitrogen and oxygen atoms in total. The van der Waals surface area contributed by atoms with Crippen LogP contribution in [0, 0.1) is 6.92 Å². The summed E-state index contributed by atoms with van der Waals surface area (Å²) >= 11 is 0. The number of hydrogen-bond donors (Lipinski definition) is 2. The summed E-state index contributed by atoms with van der Waals surface area (Å²) in [5.74, 6) is -0.734. The topological polar surface area (TPSA) is 116 Å². The molecule has 1 aliphatic rings. The van der Waals surface area contributed by atoms with Crippen molar-refractivity contribution in [1.29, 1.82) is 0 Å². The third kappa shape index (κ3) is 2.76. The summed E-state index contributed by atoms with van der Waals surface area (Å²) in [4.78, 5) is 24.8. The van der Waals surface area contributed by atoms with Crippen molar-refractivity contribution in [3.05, 3.63) is 28.6 Å². The molecule has 0 unspecified atom stereocenters. The molecule has 1 heterocycles. The monoisotopic (exact) mass is 275 g/mol. The van der Waals surface area contributed by atoms with Crippen molar-refractivity contribution in [3.63, 3.8) is 0 Å². The highest BCUT2D eigenvalue weighted by atomic mass is 16.6. The first-order chi connectivity index (χ1) is 9.52. The van der Waals surface area contributed by atoms with Gasteiger partial charge < -0.3 is 16.3 Å². The molecule has 0 aromatic carbocycles. The standard InChI is InChI=1S/C13H17N5O2/c1-7-9(12(19)17-13(14)15)6-8-4-3-5-10(18-20-2)11(8)16-7/h6H,3-5H2,1-2H3,(H4,14,15,17,19)/b18-10+. The van der Waals surface area contributed by atoms with Crippen molar-refractivity contribution >= 4 is 17.6 Å². The number of carbonyl (C=O) groups is 1. The molecule has 0 radical (unpaired) electrons. The second-order valence-corrected chi connectivity index (χ2v) is 4.55. The molecular formula is C13H17N5O2. The highest BCUT2D eigenvalue weighted by Crippen LogP contribution is 2.23. The van der Waals surface area contributed by atoms with Gasteiger partial charge in [-0.05, 0) is 37.8 Å². The molecule has 20 heavy (non-hydrogen) atoms. The maximum atomic E-state index is 11.9. The van der Waals surface area contributed by atoms with E-state index in [-0.39, 0.29) is 5.96 Å². The quantitative estimate of drug-likeness (QED) is 0.463. The Balaban J connectivity index is 2.48. The number of hydrogen-bond acceptors (Lipinski definition) is 4. The molecule has 2 rings (SSSR count). The molecule has 4 N–H and O–H groups in total. The van der Waals surface area contributed by atoms with Crippen LogP contribution in [0.25, 0.3) is 0 Å². The minimum absolute atomic E-state index is 0.256. The molecule has 0 fully saturated rings. The average molecular weight is 275 g/mol. The second kappa shape index (κ2) is 5.68. The largest absolute Gasteiger partial charge is 0.399 e. The molecule has 0 atom stereocenters. The van der Waals surface area contributed by atoms with Crippen molar-refractivity contribution < 1.29 is 9.63 Å². The van der Waals surface area contributed by atoms with Gasteiger partial charge in [-0.15, -0.1) is 0 Å². The molecule has 0 bridgehead atoms. The van der Waals surface area contributed by atoms with Crippen molar-refractivity contribution in [2.75, 3.05) is 7.11 Å². The Hall–Kier alpha value is -2.44. The Bertz CT molecular complexity index is 603. The van der Waals surface area contributed by atoms with Gasteiger partial charge in [0, 0.05) is 0 Å². The number of guanidine groups is 1. The van der Waals surface area contributed by atoms with Gasteiger partial charge in [-0.1, -0.05) is 5.16 Å². The van der Waals surface area contributed by atoms with Crippen LogP contribution in [0.2, 0.25) is 0 Å². The summed E-state index contributed by atoms with van der Waals surface area (Å²) in [6.07, 6.45) is 2.60. The van der Waals surface area contributed by atoms with Crippen molar-refractivity contribution in [3.8, 4) is 0 Å². The van der Waals surface area contributed by atoms with Crippen LogP contribution < -0.4 is 11.5 Å². The maximum Gasteiger partial charge on any atom is 0.282 e. The van der Waals surface area contributed by atoms with Crippen LogP contribution in [0.5, 0.6) is 0 Å². The summed E-state index contributed by atoms with van der Waals surface area (Å²) in [6.45, 7) is 1.74. The SMILES string of the molecule is CO/N=C1\CCCc2cc(C(=O)N=C(N)N)c(C)nc21. The Morgan fingerprint density at radius 2 is 2.15 bits per heavy atom. The predicted molar refractivity (Wildman–Crippen MR) is 75.6 cm³/mol. The van der Waals surface area contributed by atoms with E-state index in [1.807, 2.05) is 0 Å². The zero-order chi connectivity index (χ0) is 14.7. The van der Waals surface area contributed by atoms with Gasteiger partial charge in [-0.3, -0.25) is 9.78 Å². The number of amides is 1. The van der Waals surface area contributed by atoms with E-state index >= 15 is 0 Å². The summed E-state index contributed by atoms with van der Waals surface area (Å²) in [5, 5.41) is 3.99. The first-order valence-corrected chi connectivity index (χ1v) is 6.27. The lowest BCUT2D eigenvalue weighted by molar-refractivity contribution is 0.100. The number of fused-ring (bicyclic) bond motifs is 1. The molecule has 0 spiro atoms. The number of pyridine rings is 1. The summed E-state index contributed by atoms with van der Waals surface area (Å²) < 4.78 is 0. The number of carbonyl (C=O) groups excluding carboxylic acids is 1. The maximum absolute atomic E-state index is 11.9. The third-order valence-corrected chi connectivity index (χ3v) is 3.09. The summed E-state index contributed by atoms with van der Waals surface area (Å²) in [7, 11) is 1.50. The lowest BCUT2D eigenvalue weighted by Gasteiger charge is -2.18. The molecule has 0 saturated heterocycles. The summed E-state index contributed by atoms with van der Waals surface area (Å²) in [6, 6.07) is 1.79. The van der Waals surface area contributed by atoms with E-state index in [0.29, 0.717) is 11.3 Å². The normalized spacial score (nSPS) is 15.6. The molecule has 1 amide bonds.